The highest BCUT2D eigenvalue weighted by atomic mass is 32.2. The van der Waals surface area contributed by atoms with Gasteiger partial charge in [-0.25, -0.2) is 13.1 Å². The highest BCUT2D eigenvalue weighted by Gasteiger charge is 2.24. The number of carbonyl (C=O) groups excluding carboxylic acids is 2. The van der Waals surface area contributed by atoms with Crippen molar-refractivity contribution in [1.82, 2.24) is 10.0 Å². The van der Waals surface area contributed by atoms with E-state index in [1.54, 1.807) is 13.8 Å². The van der Waals surface area contributed by atoms with Crippen molar-refractivity contribution in [1.29, 1.82) is 0 Å². The van der Waals surface area contributed by atoms with Crippen LogP contribution in [0.1, 0.15) is 28.4 Å². The summed E-state index contributed by atoms with van der Waals surface area (Å²) in [6.45, 7) is 4.89. The molecule has 9 heteroatoms. The first-order valence-corrected chi connectivity index (χ1v) is 8.10. The Morgan fingerprint density at radius 2 is 2.05 bits per heavy atom. The van der Waals surface area contributed by atoms with Gasteiger partial charge in [0.15, 0.2) is 0 Å². The third-order valence-corrected chi connectivity index (χ3v) is 5.25. The van der Waals surface area contributed by atoms with Gasteiger partial charge in [-0.2, -0.15) is 0 Å². The minimum absolute atomic E-state index is 0.100. The summed E-state index contributed by atoms with van der Waals surface area (Å²) in [5, 5.41) is 13.2. The van der Waals surface area contributed by atoms with Crippen LogP contribution in [-0.4, -0.2) is 32.9 Å². The van der Waals surface area contributed by atoms with E-state index in [1.165, 1.54) is 13.0 Å². The van der Waals surface area contributed by atoms with E-state index >= 15 is 0 Å². The third kappa shape index (κ3) is 3.78. The molecule has 0 aliphatic heterocycles. The Kier molecular flexibility index (Phi) is 5.26. The smallest absolute Gasteiger partial charge is 0.261 e. The molecule has 1 rings (SSSR count). The van der Waals surface area contributed by atoms with Crippen molar-refractivity contribution in [3.63, 3.8) is 0 Å². The molecule has 0 unspecified atom stereocenters. The number of hydrogen-bond donors (Lipinski definition) is 2. The summed E-state index contributed by atoms with van der Waals surface area (Å²) in [5.41, 5.74) is 0. The SMILES string of the molecule is CCNC(=O)c1cc(S(=O)(=O)N[C@@H](C)C(=O)[O-])c(C)s1. The molecule has 1 aromatic heterocycles. The minimum Gasteiger partial charge on any atom is -0.548 e. The molecule has 0 saturated carbocycles. The molecule has 1 aromatic rings. The number of carboxylic acid groups (broad SMARTS) is 1. The number of sulfonamides is 1. The first-order chi connectivity index (χ1) is 9.19. The lowest BCUT2D eigenvalue weighted by Gasteiger charge is -2.14. The van der Waals surface area contributed by atoms with Crippen molar-refractivity contribution in [3.05, 3.63) is 15.8 Å². The second kappa shape index (κ2) is 6.33. The molecule has 1 heterocycles. The molecule has 0 aliphatic rings. The Bertz CT molecular complexity index is 621. The first kappa shape index (κ1) is 16.6. The lowest BCUT2D eigenvalue weighted by molar-refractivity contribution is -0.307. The van der Waals surface area contributed by atoms with Gasteiger partial charge in [-0.15, -0.1) is 11.3 Å². The normalized spacial score (nSPS) is 12.9. The average molecular weight is 319 g/mol. The zero-order chi connectivity index (χ0) is 15.5. The number of aliphatic carboxylic acids is 1. The first-order valence-electron chi connectivity index (χ1n) is 5.80. The van der Waals surface area contributed by atoms with Crippen LogP contribution in [-0.2, 0) is 14.8 Å². The van der Waals surface area contributed by atoms with Crippen molar-refractivity contribution in [2.45, 2.75) is 31.7 Å². The van der Waals surface area contributed by atoms with Gasteiger partial charge >= 0.3 is 0 Å². The number of rotatable bonds is 6. The molecule has 0 radical (unpaired) electrons. The highest BCUT2D eigenvalue weighted by Crippen LogP contribution is 2.25. The molecular weight excluding hydrogens is 304 g/mol. The predicted molar refractivity (Wildman–Crippen MR) is 71.9 cm³/mol. The molecule has 0 fully saturated rings. The summed E-state index contributed by atoms with van der Waals surface area (Å²) in [6, 6.07) is -0.123. The van der Waals surface area contributed by atoms with Crippen molar-refractivity contribution in [2.75, 3.05) is 6.54 Å². The van der Waals surface area contributed by atoms with Crippen molar-refractivity contribution >= 4 is 33.2 Å². The van der Waals surface area contributed by atoms with E-state index in [2.05, 4.69) is 5.32 Å². The summed E-state index contributed by atoms with van der Waals surface area (Å²) in [5.74, 6) is -1.89. The zero-order valence-corrected chi connectivity index (χ0v) is 12.9. The number of carbonyl (C=O) groups is 2. The Morgan fingerprint density at radius 1 is 1.45 bits per heavy atom. The van der Waals surface area contributed by atoms with Crippen LogP contribution in [0, 0.1) is 6.92 Å². The van der Waals surface area contributed by atoms with Gasteiger partial charge in [-0.3, -0.25) is 4.79 Å². The molecular formula is C11H15N2O5S2-. The molecule has 0 bridgehead atoms. The molecule has 0 saturated heterocycles. The van der Waals surface area contributed by atoms with Gasteiger partial charge in [0.2, 0.25) is 10.0 Å². The summed E-state index contributed by atoms with van der Waals surface area (Å²) in [6.07, 6.45) is 0. The zero-order valence-electron chi connectivity index (χ0n) is 11.2. The fourth-order valence-electron chi connectivity index (χ4n) is 1.44. The van der Waals surface area contributed by atoms with Crippen LogP contribution < -0.4 is 15.1 Å². The fourth-order valence-corrected chi connectivity index (χ4v) is 4.14. The topological polar surface area (TPSA) is 115 Å². The number of nitrogens with one attached hydrogen (secondary N) is 2. The van der Waals surface area contributed by atoms with Crippen LogP contribution in [0.25, 0.3) is 0 Å². The number of carboxylic acids is 1. The maximum absolute atomic E-state index is 12.0. The van der Waals surface area contributed by atoms with Crippen LogP contribution in [0.5, 0.6) is 0 Å². The molecule has 20 heavy (non-hydrogen) atoms. The monoisotopic (exact) mass is 319 g/mol. The molecule has 2 N–H and O–H groups in total. The van der Waals surface area contributed by atoms with Gasteiger partial charge in [-0.1, -0.05) is 0 Å². The number of amides is 1. The number of aryl methyl sites for hydroxylation is 1. The van der Waals surface area contributed by atoms with Gasteiger partial charge < -0.3 is 15.2 Å². The van der Waals surface area contributed by atoms with Crippen LogP contribution in [0.4, 0.5) is 0 Å². The number of hydrogen-bond acceptors (Lipinski definition) is 6. The van der Waals surface area contributed by atoms with Crippen LogP contribution in [0.3, 0.4) is 0 Å². The predicted octanol–water partition coefficient (Wildman–Crippen LogP) is -0.777. The van der Waals surface area contributed by atoms with E-state index in [1.807, 2.05) is 4.72 Å². The summed E-state index contributed by atoms with van der Waals surface area (Å²) in [4.78, 5) is 22.8. The summed E-state index contributed by atoms with van der Waals surface area (Å²) in [7, 11) is -4.00. The molecule has 0 spiro atoms. The quantitative estimate of drug-likeness (QED) is 0.714. The molecule has 1 atom stereocenters. The van der Waals surface area contributed by atoms with E-state index < -0.39 is 22.0 Å². The van der Waals surface area contributed by atoms with Gasteiger partial charge in [-0.05, 0) is 26.8 Å². The maximum atomic E-state index is 12.0. The van der Waals surface area contributed by atoms with Crippen LogP contribution in [0.2, 0.25) is 0 Å². The fraction of sp³-hybridized carbons (Fsp3) is 0.455. The minimum atomic E-state index is -4.00. The Hall–Kier alpha value is -1.45. The van der Waals surface area contributed by atoms with Crippen LogP contribution >= 0.6 is 11.3 Å². The van der Waals surface area contributed by atoms with E-state index in [0.717, 1.165) is 11.3 Å². The lowest BCUT2D eigenvalue weighted by atomic mass is 10.4. The van der Waals surface area contributed by atoms with Crippen molar-refractivity contribution < 1.29 is 23.1 Å². The van der Waals surface area contributed by atoms with Gasteiger partial charge in [0.25, 0.3) is 5.91 Å². The maximum Gasteiger partial charge on any atom is 0.261 e. The summed E-state index contributed by atoms with van der Waals surface area (Å²) >= 11 is 1.03. The van der Waals surface area contributed by atoms with Crippen LogP contribution in [0.15, 0.2) is 11.0 Å². The molecule has 0 aliphatic carbocycles. The van der Waals surface area contributed by atoms with Gasteiger partial charge in [0, 0.05) is 11.4 Å². The lowest BCUT2D eigenvalue weighted by Crippen LogP contribution is -2.45. The summed E-state index contributed by atoms with van der Waals surface area (Å²) < 4.78 is 26.1. The molecule has 1 amide bonds. The molecule has 112 valence electrons. The largest absolute Gasteiger partial charge is 0.548 e. The van der Waals surface area contributed by atoms with Crippen molar-refractivity contribution in [3.8, 4) is 0 Å². The Balaban J connectivity index is 3.07. The molecule has 0 aromatic carbocycles. The third-order valence-electron chi connectivity index (χ3n) is 2.41. The van der Waals surface area contributed by atoms with Gasteiger partial charge in [0.05, 0.1) is 21.8 Å². The standard InChI is InChI=1S/C11H16N2O5S2/c1-4-12-10(14)8-5-9(7(3)19-8)20(17,18)13-6(2)11(15)16/h5-6,13H,4H2,1-3H3,(H,12,14)(H,15,16)/p-1/t6-/m0/s1. The molecule has 7 nitrogen and oxygen atoms in total. The second-order valence-corrected chi connectivity index (χ2v) is 6.99. The van der Waals surface area contributed by atoms with E-state index in [0.29, 0.717) is 11.4 Å². The van der Waals surface area contributed by atoms with Crippen molar-refractivity contribution in [2.24, 2.45) is 0 Å². The van der Waals surface area contributed by atoms with E-state index in [-0.39, 0.29) is 15.7 Å². The number of thiophene rings is 1. The highest BCUT2D eigenvalue weighted by molar-refractivity contribution is 7.89. The second-order valence-electron chi connectivity index (χ2n) is 4.05. The van der Waals surface area contributed by atoms with E-state index in [9.17, 15) is 23.1 Å². The average Bonchev–Trinajstić information content (AvgIpc) is 2.71. The van der Waals surface area contributed by atoms with Gasteiger partial charge in [0.1, 0.15) is 0 Å². The Morgan fingerprint density at radius 3 is 2.55 bits per heavy atom. The van der Waals surface area contributed by atoms with E-state index in [4.69, 9.17) is 0 Å². The Labute approximate surface area is 121 Å².